The van der Waals surface area contributed by atoms with E-state index < -0.39 is 10.0 Å². The quantitative estimate of drug-likeness (QED) is 0.773. The van der Waals surface area contributed by atoms with Crippen molar-refractivity contribution >= 4 is 15.9 Å². The predicted octanol–water partition coefficient (Wildman–Crippen LogP) is 2.98. The fourth-order valence-corrected chi connectivity index (χ4v) is 4.58. The Balaban J connectivity index is 1.56. The maximum Gasteiger partial charge on any atom is 0.251 e. The Morgan fingerprint density at radius 2 is 1.68 bits per heavy atom. The second-order valence-electron chi connectivity index (χ2n) is 7.13. The molecule has 0 aromatic heterocycles. The Kier molecular flexibility index (Phi) is 6.36. The van der Waals surface area contributed by atoms with Gasteiger partial charge in [0.05, 0.1) is 10.9 Å². The molecular weight excluding hydrogens is 376 g/mol. The van der Waals surface area contributed by atoms with Crippen LogP contribution in [0.25, 0.3) is 0 Å². The number of nitrogens with one attached hydrogen (secondary N) is 1. The molecule has 3 rings (SSSR count). The maximum absolute atomic E-state index is 12.5. The number of carbonyl (C=O) groups is 1. The van der Waals surface area contributed by atoms with Crippen LogP contribution in [-0.2, 0) is 10.0 Å². The molecule has 1 saturated heterocycles. The summed E-state index contributed by atoms with van der Waals surface area (Å²) in [6, 6.07) is 13.6. The summed E-state index contributed by atoms with van der Waals surface area (Å²) in [4.78, 5) is 12.6. The third-order valence-electron chi connectivity index (χ3n) is 4.72. The molecular formula is C21H26N2O4S. The van der Waals surface area contributed by atoms with Crippen molar-refractivity contribution < 1.29 is 17.9 Å². The Hall–Kier alpha value is -2.38. The molecule has 28 heavy (non-hydrogen) atoms. The SMILES string of the molecule is Cc1ccc(OC[C@H](C)NC(=O)c2ccc(S(=O)(=O)N3CCCC3)cc2)cc1. The highest BCUT2D eigenvalue weighted by atomic mass is 32.2. The van der Waals surface area contributed by atoms with Crippen LogP contribution in [0.3, 0.4) is 0 Å². The van der Waals surface area contributed by atoms with Crippen molar-refractivity contribution in [2.24, 2.45) is 0 Å². The van der Waals surface area contributed by atoms with E-state index in [1.807, 2.05) is 38.1 Å². The van der Waals surface area contributed by atoms with Gasteiger partial charge in [0, 0.05) is 18.7 Å². The number of hydrogen-bond acceptors (Lipinski definition) is 4. The van der Waals surface area contributed by atoms with Gasteiger partial charge in [-0.15, -0.1) is 0 Å². The van der Waals surface area contributed by atoms with E-state index in [-0.39, 0.29) is 16.8 Å². The Morgan fingerprint density at radius 3 is 2.29 bits per heavy atom. The molecule has 0 aliphatic carbocycles. The molecule has 1 fully saturated rings. The first-order chi connectivity index (χ1) is 13.4. The third kappa shape index (κ3) is 4.91. The molecule has 1 aliphatic heterocycles. The van der Waals surface area contributed by atoms with Crippen LogP contribution in [0.15, 0.2) is 53.4 Å². The summed E-state index contributed by atoms with van der Waals surface area (Å²) in [5.41, 5.74) is 1.58. The summed E-state index contributed by atoms with van der Waals surface area (Å²) in [5.74, 6) is 0.494. The van der Waals surface area contributed by atoms with E-state index in [2.05, 4.69) is 5.32 Å². The van der Waals surface area contributed by atoms with E-state index in [9.17, 15) is 13.2 Å². The smallest absolute Gasteiger partial charge is 0.251 e. The number of ether oxygens (including phenoxy) is 1. The number of amides is 1. The lowest BCUT2D eigenvalue weighted by atomic mass is 10.2. The first kappa shape index (κ1) is 20.4. The molecule has 1 atom stereocenters. The van der Waals surface area contributed by atoms with E-state index in [0.717, 1.165) is 24.2 Å². The lowest BCUT2D eigenvalue weighted by Crippen LogP contribution is -2.36. The van der Waals surface area contributed by atoms with Crippen molar-refractivity contribution in [2.75, 3.05) is 19.7 Å². The van der Waals surface area contributed by atoms with Gasteiger partial charge in [0.25, 0.3) is 5.91 Å². The van der Waals surface area contributed by atoms with Crippen LogP contribution in [0.2, 0.25) is 0 Å². The van der Waals surface area contributed by atoms with Gasteiger partial charge in [0.1, 0.15) is 12.4 Å². The number of rotatable bonds is 7. The van der Waals surface area contributed by atoms with Gasteiger partial charge in [0.15, 0.2) is 0 Å². The molecule has 150 valence electrons. The Bertz CT molecular complexity index is 902. The molecule has 2 aromatic rings. The highest BCUT2D eigenvalue weighted by molar-refractivity contribution is 7.89. The fraction of sp³-hybridized carbons (Fsp3) is 0.381. The molecule has 1 N–H and O–H groups in total. The van der Waals surface area contributed by atoms with Gasteiger partial charge in [-0.2, -0.15) is 4.31 Å². The van der Waals surface area contributed by atoms with E-state index >= 15 is 0 Å². The van der Waals surface area contributed by atoms with Gasteiger partial charge in [-0.05, 0) is 63.1 Å². The van der Waals surface area contributed by atoms with Gasteiger partial charge in [-0.1, -0.05) is 17.7 Å². The van der Waals surface area contributed by atoms with Crippen LogP contribution in [0.4, 0.5) is 0 Å². The summed E-state index contributed by atoms with van der Waals surface area (Å²) in [5, 5.41) is 2.87. The molecule has 2 aromatic carbocycles. The van der Waals surface area contributed by atoms with E-state index in [4.69, 9.17) is 4.74 Å². The van der Waals surface area contributed by atoms with Crippen LogP contribution in [0.1, 0.15) is 35.7 Å². The van der Waals surface area contributed by atoms with Crippen molar-refractivity contribution in [3.8, 4) is 5.75 Å². The highest BCUT2D eigenvalue weighted by Crippen LogP contribution is 2.21. The van der Waals surface area contributed by atoms with Crippen molar-refractivity contribution in [1.29, 1.82) is 0 Å². The Morgan fingerprint density at radius 1 is 1.07 bits per heavy atom. The zero-order chi connectivity index (χ0) is 20.1. The summed E-state index contributed by atoms with van der Waals surface area (Å²) >= 11 is 0. The molecule has 0 unspecified atom stereocenters. The zero-order valence-electron chi connectivity index (χ0n) is 16.2. The van der Waals surface area contributed by atoms with Crippen molar-refractivity contribution in [2.45, 2.75) is 37.6 Å². The van der Waals surface area contributed by atoms with Crippen molar-refractivity contribution in [1.82, 2.24) is 9.62 Å². The summed E-state index contributed by atoms with van der Waals surface area (Å²) < 4.78 is 32.3. The molecule has 0 bridgehead atoms. The first-order valence-corrected chi connectivity index (χ1v) is 10.9. The average Bonchev–Trinajstić information content (AvgIpc) is 3.23. The molecule has 1 aliphatic rings. The topological polar surface area (TPSA) is 75.7 Å². The highest BCUT2D eigenvalue weighted by Gasteiger charge is 2.27. The molecule has 1 amide bonds. The summed E-state index contributed by atoms with van der Waals surface area (Å²) in [6.07, 6.45) is 1.78. The Labute approximate surface area is 166 Å². The first-order valence-electron chi connectivity index (χ1n) is 9.47. The number of benzene rings is 2. The van der Waals surface area contributed by atoms with Crippen LogP contribution < -0.4 is 10.1 Å². The van der Waals surface area contributed by atoms with Crippen molar-refractivity contribution in [3.63, 3.8) is 0 Å². The third-order valence-corrected chi connectivity index (χ3v) is 6.63. The molecule has 0 spiro atoms. The number of carbonyl (C=O) groups excluding carboxylic acids is 1. The average molecular weight is 403 g/mol. The lowest BCUT2D eigenvalue weighted by Gasteiger charge is -2.17. The van der Waals surface area contributed by atoms with Crippen LogP contribution in [0.5, 0.6) is 5.75 Å². The van der Waals surface area contributed by atoms with Gasteiger partial charge >= 0.3 is 0 Å². The fourth-order valence-electron chi connectivity index (χ4n) is 3.06. The van der Waals surface area contributed by atoms with Gasteiger partial charge in [0.2, 0.25) is 10.0 Å². The number of sulfonamides is 1. The van der Waals surface area contributed by atoms with Crippen LogP contribution >= 0.6 is 0 Å². The van der Waals surface area contributed by atoms with E-state index in [1.165, 1.54) is 16.4 Å². The minimum atomic E-state index is -3.46. The minimum absolute atomic E-state index is 0.193. The summed E-state index contributed by atoms with van der Waals surface area (Å²) in [7, 11) is -3.46. The largest absolute Gasteiger partial charge is 0.491 e. The van der Waals surface area contributed by atoms with Gasteiger partial charge < -0.3 is 10.1 Å². The standard InChI is InChI=1S/C21H26N2O4S/c1-16-5-9-19(10-6-16)27-15-17(2)22-21(24)18-7-11-20(12-8-18)28(25,26)23-13-3-4-14-23/h5-12,17H,3-4,13-15H2,1-2H3,(H,22,24)/t17-/m0/s1. The molecule has 7 heteroatoms. The molecule has 0 saturated carbocycles. The lowest BCUT2D eigenvalue weighted by molar-refractivity contribution is 0.0926. The number of nitrogens with zero attached hydrogens (tertiary/aromatic N) is 1. The molecule has 0 radical (unpaired) electrons. The normalized spacial score (nSPS) is 15.9. The van der Waals surface area contributed by atoms with Crippen molar-refractivity contribution in [3.05, 3.63) is 59.7 Å². The summed E-state index contributed by atoms with van der Waals surface area (Å²) in [6.45, 7) is 5.33. The van der Waals surface area contributed by atoms with E-state index in [0.29, 0.717) is 25.3 Å². The monoisotopic (exact) mass is 402 g/mol. The second kappa shape index (κ2) is 8.75. The van der Waals surface area contributed by atoms with E-state index in [1.54, 1.807) is 12.1 Å². The van der Waals surface area contributed by atoms with Crippen LogP contribution in [-0.4, -0.2) is 44.4 Å². The molecule has 1 heterocycles. The van der Waals surface area contributed by atoms with Gasteiger partial charge in [-0.25, -0.2) is 8.42 Å². The maximum atomic E-state index is 12.5. The number of hydrogen-bond donors (Lipinski definition) is 1. The molecule has 6 nitrogen and oxygen atoms in total. The van der Waals surface area contributed by atoms with Crippen LogP contribution in [0, 0.1) is 6.92 Å². The number of aryl methyl sites for hydroxylation is 1. The van der Waals surface area contributed by atoms with Gasteiger partial charge in [-0.3, -0.25) is 4.79 Å². The second-order valence-corrected chi connectivity index (χ2v) is 9.07. The predicted molar refractivity (Wildman–Crippen MR) is 108 cm³/mol. The minimum Gasteiger partial charge on any atom is -0.491 e. The zero-order valence-corrected chi connectivity index (χ0v) is 17.0.